The van der Waals surface area contributed by atoms with Crippen LogP contribution in [0.2, 0.25) is 0 Å². The van der Waals surface area contributed by atoms with Crippen LogP contribution in [-0.2, 0) is 0 Å². The van der Waals surface area contributed by atoms with E-state index in [9.17, 15) is 9.90 Å². The monoisotopic (exact) mass is 319 g/mol. The van der Waals surface area contributed by atoms with Gasteiger partial charge in [0.05, 0.1) is 4.47 Å². The Bertz CT molecular complexity index is 398. The Labute approximate surface area is 114 Å². The van der Waals surface area contributed by atoms with Gasteiger partial charge >= 0.3 is 0 Å². The third-order valence-corrected chi connectivity index (χ3v) is 3.31. The number of carbonyl (C=O) groups is 1. The van der Waals surface area contributed by atoms with Crippen molar-refractivity contribution in [2.45, 2.75) is 13.3 Å². The fourth-order valence-corrected chi connectivity index (χ4v) is 1.93. The Morgan fingerprint density at radius 3 is 2.88 bits per heavy atom. The highest BCUT2D eigenvalue weighted by atomic mass is 79.9. The Hall–Kier alpha value is -0.740. The van der Waals surface area contributed by atoms with Crippen molar-refractivity contribution in [3.63, 3.8) is 0 Å². The maximum Gasteiger partial charge on any atom is 0.251 e. The summed E-state index contributed by atoms with van der Waals surface area (Å²) in [5.41, 5.74) is 0.448. The van der Waals surface area contributed by atoms with Gasteiger partial charge in [-0.2, -0.15) is 0 Å². The van der Waals surface area contributed by atoms with Crippen molar-refractivity contribution >= 4 is 33.4 Å². The van der Waals surface area contributed by atoms with Crippen molar-refractivity contribution in [2.75, 3.05) is 12.4 Å². The standard InChI is InChI=1S/C12H15BrClNO2/c1-8(4-5-14)7-15-12(17)9-2-3-10(13)11(16)6-9/h2-3,6,8,16H,4-5,7H2,1H3,(H,15,17). The van der Waals surface area contributed by atoms with Crippen molar-refractivity contribution < 1.29 is 9.90 Å². The molecule has 1 rings (SSSR count). The second kappa shape index (κ2) is 6.87. The predicted octanol–water partition coefficient (Wildman–Crippen LogP) is 3.15. The van der Waals surface area contributed by atoms with Crippen molar-refractivity contribution in [3.05, 3.63) is 28.2 Å². The number of carbonyl (C=O) groups excluding carboxylic acids is 1. The van der Waals surface area contributed by atoms with Crippen LogP contribution in [0.3, 0.4) is 0 Å². The fourth-order valence-electron chi connectivity index (χ4n) is 1.31. The first-order valence-corrected chi connectivity index (χ1v) is 6.70. The molecule has 0 heterocycles. The number of halogens is 2. The van der Waals surface area contributed by atoms with Crippen molar-refractivity contribution in [1.29, 1.82) is 0 Å². The number of phenolic OH excluding ortho intramolecular Hbond substituents is 1. The average Bonchev–Trinajstić information content (AvgIpc) is 2.30. The number of hydrogen-bond donors (Lipinski definition) is 2. The molecule has 1 aromatic carbocycles. The second-order valence-corrected chi connectivity index (χ2v) is 5.19. The number of rotatable bonds is 5. The summed E-state index contributed by atoms with van der Waals surface area (Å²) >= 11 is 8.78. The zero-order valence-electron chi connectivity index (χ0n) is 9.54. The van der Waals surface area contributed by atoms with Crippen LogP contribution < -0.4 is 5.32 Å². The minimum Gasteiger partial charge on any atom is -0.507 e. The minimum absolute atomic E-state index is 0.0615. The summed E-state index contributed by atoms with van der Waals surface area (Å²) < 4.78 is 0.574. The summed E-state index contributed by atoms with van der Waals surface area (Å²) in [5, 5.41) is 12.3. The molecule has 1 amide bonds. The Morgan fingerprint density at radius 2 is 2.29 bits per heavy atom. The van der Waals surface area contributed by atoms with Gasteiger partial charge in [-0.3, -0.25) is 4.79 Å². The molecule has 1 aromatic rings. The maximum atomic E-state index is 11.7. The highest BCUT2D eigenvalue weighted by Gasteiger charge is 2.09. The molecule has 0 aliphatic carbocycles. The van der Waals surface area contributed by atoms with Crippen LogP contribution in [0.25, 0.3) is 0 Å². The van der Waals surface area contributed by atoms with Gasteiger partial charge in [0.15, 0.2) is 0 Å². The zero-order chi connectivity index (χ0) is 12.8. The molecule has 0 bridgehead atoms. The number of benzene rings is 1. The molecule has 0 radical (unpaired) electrons. The first-order chi connectivity index (χ1) is 8.04. The lowest BCUT2D eigenvalue weighted by Gasteiger charge is -2.11. The summed E-state index contributed by atoms with van der Waals surface area (Å²) in [5.74, 6) is 0.817. The van der Waals surface area contributed by atoms with Gasteiger partial charge in [-0.15, -0.1) is 11.6 Å². The number of phenols is 1. The van der Waals surface area contributed by atoms with Gasteiger partial charge in [-0.05, 0) is 46.5 Å². The molecule has 0 saturated heterocycles. The quantitative estimate of drug-likeness (QED) is 0.819. The molecule has 0 aromatic heterocycles. The van der Waals surface area contributed by atoms with Crippen molar-refractivity contribution in [1.82, 2.24) is 5.32 Å². The summed E-state index contributed by atoms with van der Waals surface area (Å²) in [6.45, 7) is 2.62. The van der Waals surface area contributed by atoms with Crippen molar-refractivity contribution in [3.8, 4) is 5.75 Å². The molecule has 17 heavy (non-hydrogen) atoms. The molecule has 5 heteroatoms. The largest absolute Gasteiger partial charge is 0.507 e. The number of alkyl halides is 1. The molecule has 94 valence electrons. The van der Waals surface area contributed by atoms with E-state index in [2.05, 4.69) is 21.2 Å². The van der Waals surface area contributed by atoms with Crippen LogP contribution in [-0.4, -0.2) is 23.4 Å². The lowest BCUT2D eigenvalue weighted by Crippen LogP contribution is -2.28. The zero-order valence-corrected chi connectivity index (χ0v) is 11.9. The third-order valence-electron chi connectivity index (χ3n) is 2.42. The van der Waals surface area contributed by atoms with E-state index < -0.39 is 0 Å². The number of hydrogen-bond acceptors (Lipinski definition) is 2. The fraction of sp³-hybridized carbons (Fsp3) is 0.417. The van der Waals surface area contributed by atoms with E-state index >= 15 is 0 Å². The van der Waals surface area contributed by atoms with Crippen molar-refractivity contribution in [2.24, 2.45) is 5.92 Å². The topological polar surface area (TPSA) is 49.3 Å². The van der Waals surface area contributed by atoms with E-state index in [-0.39, 0.29) is 11.7 Å². The van der Waals surface area contributed by atoms with Crippen LogP contribution in [0.5, 0.6) is 5.75 Å². The molecule has 0 aliphatic heterocycles. The normalized spacial score (nSPS) is 12.2. The Balaban J connectivity index is 2.55. The van der Waals surface area contributed by atoms with E-state index in [1.165, 1.54) is 6.07 Å². The number of amides is 1. The van der Waals surface area contributed by atoms with Gasteiger partial charge in [0.2, 0.25) is 0 Å². The molecular formula is C12H15BrClNO2. The average molecular weight is 321 g/mol. The van der Waals surface area contributed by atoms with Crippen LogP contribution in [0, 0.1) is 5.92 Å². The molecule has 0 saturated carbocycles. The van der Waals surface area contributed by atoms with E-state index in [0.717, 1.165) is 6.42 Å². The second-order valence-electron chi connectivity index (χ2n) is 3.96. The molecule has 3 nitrogen and oxygen atoms in total. The van der Waals surface area contributed by atoms with E-state index in [4.69, 9.17) is 11.6 Å². The first-order valence-electron chi connectivity index (χ1n) is 5.37. The lowest BCUT2D eigenvalue weighted by atomic mass is 10.1. The summed E-state index contributed by atoms with van der Waals surface area (Å²) in [4.78, 5) is 11.7. The molecule has 0 aliphatic rings. The smallest absolute Gasteiger partial charge is 0.251 e. The lowest BCUT2D eigenvalue weighted by molar-refractivity contribution is 0.0947. The minimum atomic E-state index is -0.186. The number of nitrogens with one attached hydrogen (secondary N) is 1. The van der Waals surface area contributed by atoms with Gasteiger partial charge in [0.1, 0.15) is 5.75 Å². The van der Waals surface area contributed by atoms with Gasteiger partial charge < -0.3 is 10.4 Å². The van der Waals surface area contributed by atoms with Gasteiger partial charge in [-0.1, -0.05) is 6.92 Å². The Morgan fingerprint density at radius 1 is 1.59 bits per heavy atom. The summed E-state index contributed by atoms with van der Waals surface area (Å²) in [6.07, 6.45) is 0.868. The van der Waals surface area contributed by atoms with Crippen LogP contribution in [0.4, 0.5) is 0 Å². The maximum absolute atomic E-state index is 11.7. The summed E-state index contributed by atoms with van der Waals surface area (Å²) in [7, 11) is 0. The molecule has 0 spiro atoms. The highest BCUT2D eigenvalue weighted by molar-refractivity contribution is 9.10. The van der Waals surface area contributed by atoms with Crippen LogP contribution in [0.1, 0.15) is 23.7 Å². The molecule has 0 fully saturated rings. The molecule has 2 N–H and O–H groups in total. The SMILES string of the molecule is CC(CCCl)CNC(=O)c1ccc(Br)c(O)c1. The molecule has 1 unspecified atom stereocenters. The van der Waals surface area contributed by atoms with Crippen LogP contribution in [0.15, 0.2) is 22.7 Å². The van der Waals surface area contributed by atoms with Gasteiger partial charge in [0, 0.05) is 18.0 Å². The molecular weight excluding hydrogens is 305 g/mol. The van der Waals surface area contributed by atoms with Gasteiger partial charge in [-0.25, -0.2) is 0 Å². The summed E-state index contributed by atoms with van der Waals surface area (Å²) in [6, 6.07) is 4.74. The highest BCUT2D eigenvalue weighted by Crippen LogP contribution is 2.24. The van der Waals surface area contributed by atoms with E-state index in [1.54, 1.807) is 12.1 Å². The first kappa shape index (κ1) is 14.3. The third kappa shape index (κ3) is 4.56. The van der Waals surface area contributed by atoms with Gasteiger partial charge in [0.25, 0.3) is 5.91 Å². The number of aromatic hydroxyl groups is 1. The predicted molar refractivity (Wildman–Crippen MR) is 72.6 cm³/mol. The van der Waals surface area contributed by atoms with Crippen LogP contribution >= 0.6 is 27.5 Å². The molecule has 1 atom stereocenters. The Kier molecular flexibility index (Phi) is 5.78. The van der Waals surface area contributed by atoms with E-state index in [0.29, 0.717) is 28.4 Å². The van der Waals surface area contributed by atoms with E-state index in [1.807, 2.05) is 6.92 Å².